The zero-order valence-corrected chi connectivity index (χ0v) is 11.0. The zero-order valence-electron chi connectivity index (χ0n) is 10.2. The van der Waals surface area contributed by atoms with Crippen molar-refractivity contribution in [3.8, 4) is 0 Å². The second kappa shape index (κ2) is 4.63. The number of benzene rings is 1. The molecule has 1 radical (unpaired) electrons. The Balaban J connectivity index is 2.04. The number of nitrogens with zero attached hydrogens (tertiary/aromatic N) is 1. The van der Waals surface area contributed by atoms with Gasteiger partial charge in [-0.3, -0.25) is 14.5 Å². The van der Waals surface area contributed by atoms with Crippen LogP contribution in [0.3, 0.4) is 0 Å². The van der Waals surface area contributed by atoms with E-state index in [1.807, 2.05) is 16.8 Å². The molecule has 0 aliphatic carbocycles. The van der Waals surface area contributed by atoms with Gasteiger partial charge in [0.05, 0.1) is 17.2 Å². The Hall–Kier alpha value is -1.94. The largest absolute Gasteiger partial charge is 0.269 e. The van der Waals surface area contributed by atoms with Gasteiger partial charge in [0.15, 0.2) is 0 Å². The minimum absolute atomic E-state index is 0.222. The minimum atomic E-state index is -0.279. The molecule has 0 spiro atoms. The second-order valence-electron chi connectivity index (χ2n) is 4.39. The number of fused-ring (bicyclic) bond motifs is 1. The van der Waals surface area contributed by atoms with Crippen LogP contribution in [0.5, 0.6) is 0 Å². The van der Waals surface area contributed by atoms with Crippen LogP contribution in [0.1, 0.15) is 38.7 Å². The molecule has 0 bridgehead atoms. The van der Waals surface area contributed by atoms with Gasteiger partial charge in [0.1, 0.15) is 0 Å². The van der Waals surface area contributed by atoms with E-state index in [-0.39, 0.29) is 17.9 Å². The summed E-state index contributed by atoms with van der Waals surface area (Å²) < 4.78 is 0. The number of carbonyl (C=O) groups is 2. The maximum absolute atomic E-state index is 12.4. The molecule has 4 heteroatoms. The van der Waals surface area contributed by atoms with Gasteiger partial charge < -0.3 is 0 Å². The number of amides is 2. The Morgan fingerprint density at radius 2 is 1.74 bits per heavy atom. The van der Waals surface area contributed by atoms with E-state index >= 15 is 0 Å². The zero-order chi connectivity index (χ0) is 13.4. The van der Waals surface area contributed by atoms with Crippen molar-refractivity contribution >= 4 is 23.2 Å². The highest BCUT2D eigenvalue weighted by molar-refractivity contribution is 7.08. The summed E-state index contributed by atoms with van der Waals surface area (Å²) in [6.07, 6.45) is 0.474. The van der Waals surface area contributed by atoms with Crippen LogP contribution in [0.4, 0.5) is 0 Å². The lowest BCUT2D eigenvalue weighted by atomic mass is 10.1. The predicted molar refractivity (Wildman–Crippen MR) is 74.0 cm³/mol. The fraction of sp³-hybridized carbons (Fsp3) is 0.133. The molecular formula is C15H12NO2S. The van der Waals surface area contributed by atoms with Crippen LogP contribution >= 0.6 is 11.3 Å². The van der Waals surface area contributed by atoms with Crippen LogP contribution in [-0.4, -0.2) is 16.7 Å². The van der Waals surface area contributed by atoms with E-state index in [0.717, 1.165) is 5.56 Å². The van der Waals surface area contributed by atoms with E-state index in [9.17, 15) is 9.59 Å². The van der Waals surface area contributed by atoms with Crippen molar-refractivity contribution in [2.45, 2.75) is 12.5 Å². The van der Waals surface area contributed by atoms with Crippen molar-refractivity contribution in [1.82, 2.24) is 4.90 Å². The highest BCUT2D eigenvalue weighted by Gasteiger charge is 2.39. The summed E-state index contributed by atoms with van der Waals surface area (Å²) in [6, 6.07) is 8.60. The molecule has 19 heavy (non-hydrogen) atoms. The van der Waals surface area contributed by atoms with Crippen molar-refractivity contribution in [1.29, 1.82) is 0 Å². The molecule has 95 valence electrons. The maximum Gasteiger partial charge on any atom is 0.262 e. The summed E-state index contributed by atoms with van der Waals surface area (Å²) in [4.78, 5) is 26.1. The highest BCUT2D eigenvalue weighted by Crippen LogP contribution is 2.33. The van der Waals surface area contributed by atoms with E-state index in [1.165, 1.54) is 4.90 Å². The molecule has 2 amide bonds. The smallest absolute Gasteiger partial charge is 0.262 e. The molecule has 1 aliphatic heterocycles. The van der Waals surface area contributed by atoms with Gasteiger partial charge in [0.25, 0.3) is 11.8 Å². The lowest BCUT2D eigenvalue weighted by molar-refractivity contribution is 0.0583. The molecule has 1 aliphatic rings. The minimum Gasteiger partial charge on any atom is -0.269 e. The molecule has 0 saturated heterocycles. The first kappa shape index (κ1) is 12.1. The molecule has 0 saturated carbocycles. The molecular weight excluding hydrogens is 258 g/mol. The average molecular weight is 270 g/mol. The first-order chi connectivity index (χ1) is 9.24. The average Bonchev–Trinajstić information content (AvgIpc) is 3.04. The van der Waals surface area contributed by atoms with Crippen molar-refractivity contribution in [2.24, 2.45) is 0 Å². The summed E-state index contributed by atoms with van der Waals surface area (Å²) in [6.45, 7) is 3.88. The van der Waals surface area contributed by atoms with Crippen molar-refractivity contribution < 1.29 is 9.59 Å². The molecule has 3 rings (SSSR count). The Morgan fingerprint density at radius 1 is 1.11 bits per heavy atom. The van der Waals surface area contributed by atoms with Gasteiger partial charge in [-0.25, -0.2) is 0 Å². The van der Waals surface area contributed by atoms with Gasteiger partial charge in [0, 0.05) is 0 Å². The van der Waals surface area contributed by atoms with E-state index in [2.05, 4.69) is 6.92 Å². The quantitative estimate of drug-likeness (QED) is 0.802. The van der Waals surface area contributed by atoms with Gasteiger partial charge in [-0.2, -0.15) is 11.3 Å². The molecule has 2 heterocycles. The van der Waals surface area contributed by atoms with E-state index in [4.69, 9.17) is 0 Å². The lowest BCUT2D eigenvalue weighted by Gasteiger charge is -2.24. The van der Waals surface area contributed by atoms with Crippen LogP contribution in [0.15, 0.2) is 41.1 Å². The molecule has 2 aromatic rings. The molecule has 1 aromatic carbocycles. The lowest BCUT2D eigenvalue weighted by Crippen LogP contribution is -2.33. The summed E-state index contributed by atoms with van der Waals surface area (Å²) in [5.41, 5.74) is 1.94. The molecule has 0 N–H and O–H groups in total. The first-order valence-corrected chi connectivity index (χ1v) is 6.96. The van der Waals surface area contributed by atoms with Gasteiger partial charge >= 0.3 is 0 Å². The van der Waals surface area contributed by atoms with E-state index in [1.54, 1.807) is 35.6 Å². The molecule has 1 aromatic heterocycles. The maximum atomic E-state index is 12.4. The Kier molecular flexibility index (Phi) is 2.95. The third kappa shape index (κ3) is 1.79. The third-order valence-electron chi connectivity index (χ3n) is 3.34. The number of rotatable bonds is 3. The Labute approximate surface area is 115 Å². The van der Waals surface area contributed by atoms with Crippen molar-refractivity contribution in [3.05, 3.63) is 64.7 Å². The number of thiophene rings is 1. The second-order valence-corrected chi connectivity index (χ2v) is 5.17. The SMILES string of the molecule is [CH2]CC(c1ccsc1)N1C(=O)c2ccccc2C1=O. The summed E-state index contributed by atoms with van der Waals surface area (Å²) in [5.74, 6) is -0.444. The van der Waals surface area contributed by atoms with Crippen LogP contribution in [0.2, 0.25) is 0 Å². The van der Waals surface area contributed by atoms with Crippen LogP contribution in [0.25, 0.3) is 0 Å². The van der Waals surface area contributed by atoms with Crippen LogP contribution in [-0.2, 0) is 0 Å². The van der Waals surface area contributed by atoms with Gasteiger partial charge in [0.2, 0.25) is 0 Å². The van der Waals surface area contributed by atoms with Gasteiger partial charge in [-0.15, -0.1) is 0 Å². The number of hydrogen-bond donors (Lipinski definition) is 0. The number of imide groups is 1. The predicted octanol–water partition coefficient (Wildman–Crippen LogP) is 3.31. The summed E-state index contributed by atoms with van der Waals surface area (Å²) in [5, 5.41) is 3.90. The number of carbonyl (C=O) groups excluding carboxylic acids is 2. The van der Waals surface area contributed by atoms with Gasteiger partial charge in [-0.05, 0) is 40.9 Å². The fourth-order valence-corrected chi connectivity index (χ4v) is 3.11. The van der Waals surface area contributed by atoms with Gasteiger partial charge in [-0.1, -0.05) is 19.1 Å². The third-order valence-corrected chi connectivity index (χ3v) is 4.04. The summed E-state index contributed by atoms with van der Waals surface area (Å²) in [7, 11) is 0. The molecule has 1 atom stereocenters. The van der Waals surface area contributed by atoms with Crippen molar-refractivity contribution in [2.75, 3.05) is 0 Å². The Bertz CT molecular complexity index is 598. The molecule has 1 unspecified atom stereocenters. The monoisotopic (exact) mass is 270 g/mol. The van der Waals surface area contributed by atoms with Crippen LogP contribution < -0.4 is 0 Å². The Morgan fingerprint density at radius 3 is 2.21 bits per heavy atom. The highest BCUT2D eigenvalue weighted by atomic mass is 32.1. The fourth-order valence-electron chi connectivity index (χ4n) is 2.40. The normalized spacial score (nSPS) is 15.7. The summed E-state index contributed by atoms with van der Waals surface area (Å²) >= 11 is 1.55. The molecule has 0 fully saturated rings. The van der Waals surface area contributed by atoms with E-state index in [0.29, 0.717) is 17.5 Å². The first-order valence-electron chi connectivity index (χ1n) is 6.02. The standard InChI is InChI=1S/C15H12NO2S/c1-2-13(10-7-8-19-9-10)16-14(17)11-5-3-4-6-12(11)15(16)18/h3-9,13H,1-2H2. The topological polar surface area (TPSA) is 37.4 Å². The molecule has 3 nitrogen and oxygen atoms in total. The van der Waals surface area contributed by atoms with E-state index < -0.39 is 0 Å². The number of hydrogen-bond acceptors (Lipinski definition) is 3. The van der Waals surface area contributed by atoms with Crippen molar-refractivity contribution in [3.63, 3.8) is 0 Å². The van der Waals surface area contributed by atoms with Crippen LogP contribution in [0, 0.1) is 6.92 Å².